The molecule has 0 aromatic heterocycles. The molecule has 3 fully saturated rings. The number of nitrogens with one attached hydrogen (secondary N) is 1. The Morgan fingerprint density at radius 2 is 0.863 bits per heavy atom. The fourth-order valence-corrected chi connectivity index (χ4v) is 9.80. The SMILES string of the molecule is CC/C=C\C/C=C\C/C=C\C/C=C\C/C=C\CCCCCCCCCCCC(=O)NC(COC1OC(CO)C(OC2OC(CO)C(OC3OC(CO)C(O)C(O)C3O)C(O)C2O)C(O)C1O)C(O)/C=C/CCCCCCCCCC. The predicted octanol–water partition coefficient (Wildman–Crippen LogP) is 5.43. The van der Waals surface area contributed by atoms with Gasteiger partial charge in [-0.05, 0) is 64.2 Å². The van der Waals surface area contributed by atoms with Crippen molar-refractivity contribution < 1.29 is 89.4 Å². The summed E-state index contributed by atoms with van der Waals surface area (Å²) in [5.74, 6) is -0.288. The third-order valence-electron chi connectivity index (χ3n) is 14.8. The van der Waals surface area contributed by atoms with Gasteiger partial charge >= 0.3 is 0 Å². The minimum absolute atomic E-state index is 0.232. The van der Waals surface area contributed by atoms with Crippen molar-refractivity contribution in [3.05, 3.63) is 72.9 Å². The van der Waals surface area contributed by atoms with Gasteiger partial charge in [-0.2, -0.15) is 0 Å². The quantitative estimate of drug-likeness (QED) is 0.0268. The van der Waals surface area contributed by atoms with E-state index in [1.165, 1.54) is 57.8 Å². The number of rotatable bonds is 43. The maximum absolute atomic E-state index is 13.3. The molecule has 17 unspecified atom stereocenters. The molecule has 17 atom stereocenters. The maximum atomic E-state index is 13.3. The largest absolute Gasteiger partial charge is 0.394 e. The number of carbonyl (C=O) groups excluding carboxylic acids is 1. The zero-order valence-corrected chi connectivity index (χ0v) is 48.0. The van der Waals surface area contributed by atoms with Crippen LogP contribution in [0.1, 0.15) is 174 Å². The number of hydrogen-bond donors (Lipinski definition) is 12. The Labute approximate surface area is 477 Å². The number of aliphatic hydroxyl groups is 11. The Kier molecular flexibility index (Phi) is 39.2. The van der Waals surface area contributed by atoms with Crippen LogP contribution in [0.3, 0.4) is 0 Å². The minimum atomic E-state index is -1.98. The molecular weight excluding hydrogens is 1030 g/mol. The van der Waals surface area contributed by atoms with Gasteiger partial charge in [0.15, 0.2) is 18.9 Å². The van der Waals surface area contributed by atoms with Gasteiger partial charge < -0.3 is 89.9 Å². The van der Waals surface area contributed by atoms with Crippen molar-refractivity contribution in [3.8, 4) is 0 Å². The highest BCUT2D eigenvalue weighted by atomic mass is 16.8. The molecule has 0 aromatic rings. The molecule has 3 aliphatic rings. The lowest BCUT2D eigenvalue weighted by Gasteiger charge is -2.48. The number of ether oxygens (including phenoxy) is 6. The highest BCUT2D eigenvalue weighted by molar-refractivity contribution is 5.76. The lowest BCUT2D eigenvalue weighted by Crippen LogP contribution is -2.66. The van der Waals surface area contributed by atoms with Crippen molar-refractivity contribution >= 4 is 5.91 Å². The molecule has 0 saturated carbocycles. The van der Waals surface area contributed by atoms with E-state index < -0.39 is 124 Å². The van der Waals surface area contributed by atoms with E-state index in [0.29, 0.717) is 6.42 Å². The topological polar surface area (TPSA) is 307 Å². The average molecular weight is 1140 g/mol. The molecule has 12 N–H and O–H groups in total. The molecule has 3 aliphatic heterocycles. The molecule has 0 bridgehead atoms. The summed E-state index contributed by atoms with van der Waals surface area (Å²) in [6, 6.07) is -0.978. The number of amides is 1. The maximum Gasteiger partial charge on any atom is 0.220 e. The van der Waals surface area contributed by atoms with Crippen LogP contribution in [0.25, 0.3) is 0 Å². The first-order valence-electron chi connectivity index (χ1n) is 30.2. The first-order valence-corrected chi connectivity index (χ1v) is 30.2. The van der Waals surface area contributed by atoms with Gasteiger partial charge in [0, 0.05) is 6.42 Å². The zero-order chi connectivity index (χ0) is 58.3. The van der Waals surface area contributed by atoms with Crippen LogP contribution in [-0.2, 0) is 33.2 Å². The van der Waals surface area contributed by atoms with Crippen molar-refractivity contribution in [3.63, 3.8) is 0 Å². The highest BCUT2D eigenvalue weighted by Gasteiger charge is 2.53. The Morgan fingerprint density at radius 1 is 0.463 bits per heavy atom. The number of allylic oxidation sites excluding steroid dienone is 11. The number of aliphatic hydroxyl groups excluding tert-OH is 11. The van der Waals surface area contributed by atoms with E-state index in [9.17, 15) is 61.0 Å². The number of unbranched alkanes of at least 4 members (excludes halogenated alkanes) is 17. The Balaban J connectivity index is 1.44. The molecule has 19 nitrogen and oxygen atoms in total. The van der Waals surface area contributed by atoms with Crippen LogP contribution in [0.2, 0.25) is 0 Å². The van der Waals surface area contributed by atoms with Crippen LogP contribution in [-0.4, -0.2) is 193 Å². The molecule has 0 radical (unpaired) electrons. The lowest BCUT2D eigenvalue weighted by molar-refractivity contribution is -0.379. The standard InChI is InChI=1S/C61H105NO18/c1-3-5-7-9-11-13-15-16-17-18-19-20-21-22-23-24-25-26-27-28-29-31-33-35-37-39-49(67)62-44(45(66)38-36-34-32-30-14-12-10-8-6-4-2)43-75-59-55(73)52(70)57(47(41-64)77-59)80-61-56(74)53(71)58(48(42-65)78-61)79-60-54(72)51(69)50(68)46(40-63)76-60/h5,7,11,13,16-17,19-20,22-23,36,38,44-48,50-61,63-66,68-74H,3-4,6,8-10,12,14-15,18,21,24-35,37,39-43H2,1-2H3,(H,62,67)/b7-5-,13-11-,17-16-,20-19-,23-22-,38-36+. The third-order valence-corrected chi connectivity index (χ3v) is 14.8. The minimum Gasteiger partial charge on any atom is -0.394 e. The van der Waals surface area contributed by atoms with Crippen molar-refractivity contribution in [2.45, 2.75) is 279 Å². The fraction of sp³-hybridized carbons (Fsp3) is 0.787. The molecule has 1 amide bonds. The van der Waals surface area contributed by atoms with Crippen LogP contribution in [0.4, 0.5) is 0 Å². The van der Waals surface area contributed by atoms with Crippen LogP contribution in [0, 0.1) is 0 Å². The van der Waals surface area contributed by atoms with Crippen molar-refractivity contribution in [2.75, 3.05) is 26.4 Å². The molecule has 3 rings (SSSR count). The average Bonchev–Trinajstić information content (AvgIpc) is 3.47. The van der Waals surface area contributed by atoms with Crippen molar-refractivity contribution in [1.29, 1.82) is 0 Å². The molecule has 3 saturated heterocycles. The second-order valence-electron chi connectivity index (χ2n) is 21.4. The predicted molar refractivity (Wildman–Crippen MR) is 305 cm³/mol. The Hall–Kier alpha value is -2.77. The van der Waals surface area contributed by atoms with Crippen LogP contribution >= 0.6 is 0 Å². The molecule has 0 aliphatic carbocycles. The van der Waals surface area contributed by atoms with E-state index in [0.717, 1.165) is 89.9 Å². The third kappa shape index (κ3) is 27.3. The van der Waals surface area contributed by atoms with E-state index in [-0.39, 0.29) is 18.9 Å². The van der Waals surface area contributed by atoms with Crippen LogP contribution in [0.15, 0.2) is 72.9 Å². The summed E-state index contributed by atoms with van der Waals surface area (Å²) in [5, 5.41) is 120. The smallest absolute Gasteiger partial charge is 0.220 e. The van der Waals surface area contributed by atoms with Crippen LogP contribution < -0.4 is 5.32 Å². The van der Waals surface area contributed by atoms with Crippen molar-refractivity contribution in [2.24, 2.45) is 0 Å². The van der Waals surface area contributed by atoms with E-state index in [2.05, 4.69) is 79.9 Å². The van der Waals surface area contributed by atoms with Gasteiger partial charge in [0.25, 0.3) is 0 Å². The molecule has 0 aromatic carbocycles. The van der Waals surface area contributed by atoms with E-state index in [4.69, 9.17) is 28.4 Å². The second kappa shape index (κ2) is 43.8. The summed E-state index contributed by atoms with van der Waals surface area (Å²) in [6.07, 6.45) is 24.7. The van der Waals surface area contributed by atoms with Gasteiger partial charge in [0.05, 0.1) is 38.6 Å². The lowest BCUT2D eigenvalue weighted by atomic mass is 9.96. The van der Waals surface area contributed by atoms with Crippen LogP contribution in [0.5, 0.6) is 0 Å². The molecule has 0 spiro atoms. The summed E-state index contributed by atoms with van der Waals surface area (Å²) in [5.41, 5.74) is 0. The monoisotopic (exact) mass is 1140 g/mol. The molecule has 462 valence electrons. The zero-order valence-electron chi connectivity index (χ0n) is 48.0. The summed E-state index contributed by atoms with van der Waals surface area (Å²) < 4.78 is 34.2. The second-order valence-corrected chi connectivity index (χ2v) is 21.4. The summed E-state index contributed by atoms with van der Waals surface area (Å²) in [4.78, 5) is 13.3. The molecule has 19 heteroatoms. The van der Waals surface area contributed by atoms with E-state index >= 15 is 0 Å². The van der Waals surface area contributed by atoms with Gasteiger partial charge in [-0.15, -0.1) is 0 Å². The normalized spacial score (nSPS) is 30.5. The fourth-order valence-electron chi connectivity index (χ4n) is 9.80. The number of carbonyl (C=O) groups is 1. The molecule has 80 heavy (non-hydrogen) atoms. The summed E-state index contributed by atoms with van der Waals surface area (Å²) in [7, 11) is 0. The van der Waals surface area contributed by atoms with E-state index in [1.807, 2.05) is 6.08 Å². The number of hydrogen-bond acceptors (Lipinski definition) is 18. The molecule has 3 heterocycles. The van der Waals surface area contributed by atoms with Gasteiger partial charge in [-0.1, -0.05) is 177 Å². The first kappa shape index (κ1) is 71.5. The van der Waals surface area contributed by atoms with Gasteiger partial charge in [0.2, 0.25) is 5.91 Å². The van der Waals surface area contributed by atoms with Gasteiger partial charge in [-0.3, -0.25) is 4.79 Å². The van der Waals surface area contributed by atoms with Gasteiger partial charge in [-0.25, -0.2) is 0 Å². The summed E-state index contributed by atoms with van der Waals surface area (Å²) >= 11 is 0. The Bertz CT molecular complexity index is 1740. The summed E-state index contributed by atoms with van der Waals surface area (Å²) in [6.45, 7) is 1.55. The van der Waals surface area contributed by atoms with Crippen molar-refractivity contribution in [1.82, 2.24) is 5.32 Å². The highest BCUT2D eigenvalue weighted by Crippen LogP contribution is 2.33. The first-order chi connectivity index (χ1) is 38.8. The molecular formula is C61H105NO18. The Morgan fingerprint density at radius 3 is 1.35 bits per heavy atom. The van der Waals surface area contributed by atoms with Gasteiger partial charge in [0.1, 0.15) is 73.2 Å². The van der Waals surface area contributed by atoms with E-state index in [1.54, 1.807) is 6.08 Å².